The summed E-state index contributed by atoms with van der Waals surface area (Å²) in [7, 11) is 0. The van der Waals surface area contributed by atoms with E-state index in [1.807, 2.05) is 19.9 Å². The zero-order chi connectivity index (χ0) is 24.6. The first-order valence-electron chi connectivity index (χ1n) is 12.4. The Morgan fingerprint density at radius 1 is 1.06 bits per heavy atom. The number of imide groups is 1. The number of hydrogen-bond acceptors (Lipinski definition) is 6. The van der Waals surface area contributed by atoms with Crippen LogP contribution in [0.5, 0.6) is 0 Å². The molecule has 0 radical (unpaired) electrons. The number of amides is 2. The first-order chi connectivity index (χ1) is 15.6. The van der Waals surface area contributed by atoms with Gasteiger partial charge in [-0.1, -0.05) is 46.0 Å². The monoisotopic (exact) mass is 463 g/mol. The Bertz CT molecular complexity index is 754. The van der Waals surface area contributed by atoms with Gasteiger partial charge in [0.1, 0.15) is 11.4 Å². The van der Waals surface area contributed by atoms with E-state index in [1.165, 1.54) is 17.4 Å². The first-order valence-corrected chi connectivity index (χ1v) is 12.4. The molecule has 1 fully saturated rings. The second-order valence-corrected chi connectivity index (χ2v) is 10.0. The predicted octanol–water partition coefficient (Wildman–Crippen LogP) is 4.93. The van der Waals surface area contributed by atoms with Crippen molar-refractivity contribution in [2.45, 2.75) is 104 Å². The Balaban J connectivity index is 1.92. The van der Waals surface area contributed by atoms with Crippen molar-refractivity contribution in [2.24, 2.45) is 11.8 Å². The molecular formula is C26H41NO6. The summed E-state index contributed by atoms with van der Waals surface area (Å²) in [6.07, 6.45) is 11.9. The van der Waals surface area contributed by atoms with Crippen LogP contribution >= 0.6 is 0 Å². The van der Waals surface area contributed by atoms with E-state index in [0.29, 0.717) is 5.76 Å². The van der Waals surface area contributed by atoms with Gasteiger partial charge >= 0.3 is 6.09 Å². The van der Waals surface area contributed by atoms with Crippen LogP contribution < -0.4 is 0 Å². The topological polar surface area (TPSA) is 93.1 Å². The van der Waals surface area contributed by atoms with Crippen LogP contribution in [0.25, 0.3) is 0 Å². The Kier molecular flexibility index (Phi) is 10.1. The normalized spacial score (nSPS) is 24.3. The number of unbranched alkanes of at least 4 members (excludes halogenated alkanes) is 7. The fourth-order valence-electron chi connectivity index (χ4n) is 4.79. The highest BCUT2D eigenvalue weighted by molar-refractivity contribution is 6.02. The molecule has 2 heterocycles. The highest BCUT2D eigenvalue weighted by Crippen LogP contribution is 2.36. The molecule has 0 unspecified atom stereocenters. The SMILES string of the molecule is CC(C)[C@@H]1N(C(=O)[C@@H](C)[C@H]2OC(=CCCCCCCCCCO)C=CC2=O)C(=O)OC1(C)C. The predicted molar refractivity (Wildman–Crippen MR) is 126 cm³/mol. The molecule has 1 saturated heterocycles. The molecule has 2 aliphatic heterocycles. The lowest BCUT2D eigenvalue weighted by Gasteiger charge is -2.33. The second kappa shape index (κ2) is 12.4. The largest absolute Gasteiger partial charge is 0.482 e. The van der Waals surface area contributed by atoms with E-state index in [0.717, 1.165) is 44.9 Å². The van der Waals surface area contributed by atoms with Crippen molar-refractivity contribution in [3.8, 4) is 0 Å². The second-order valence-electron chi connectivity index (χ2n) is 10.0. The van der Waals surface area contributed by atoms with Gasteiger partial charge < -0.3 is 14.6 Å². The molecule has 2 amide bonds. The van der Waals surface area contributed by atoms with E-state index in [2.05, 4.69) is 0 Å². The van der Waals surface area contributed by atoms with Crippen molar-refractivity contribution in [3.63, 3.8) is 0 Å². The number of rotatable bonds is 12. The Labute approximate surface area is 198 Å². The summed E-state index contributed by atoms with van der Waals surface area (Å²) < 4.78 is 11.4. The fourth-order valence-corrected chi connectivity index (χ4v) is 4.79. The quantitative estimate of drug-likeness (QED) is 0.413. The minimum absolute atomic E-state index is 0.00982. The van der Waals surface area contributed by atoms with Crippen molar-refractivity contribution < 1.29 is 29.0 Å². The summed E-state index contributed by atoms with van der Waals surface area (Å²) in [5.74, 6) is -0.933. The molecule has 3 atom stereocenters. The lowest BCUT2D eigenvalue weighted by atomic mass is 9.87. The van der Waals surface area contributed by atoms with E-state index in [9.17, 15) is 14.4 Å². The van der Waals surface area contributed by atoms with Gasteiger partial charge in [0, 0.05) is 6.61 Å². The van der Waals surface area contributed by atoms with Gasteiger partial charge in [-0.25, -0.2) is 9.69 Å². The molecule has 0 aromatic rings. The molecule has 7 heteroatoms. The number of hydrogen-bond donors (Lipinski definition) is 1. The summed E-state index contributed by atoms with van der Waals surface area (Å²) in [5.41, 5.74) is -0.790. The molecule has 2 rings (SSSR count). The first kappa shape index (κ1) is 27.1. The number of carbonyl (C=O) groups is 3. The maximum absolute atomic E-state index is 13.3. The molecule has 186 valence electrons. The van der Waals surface area contributed by atoms with Gasteiger partial charge in [-0.05, 0) is 64.2 Å². The van der Waals surface area contributed by atoms with Crippen molar-refractivity contribution in [1.29, 1.82) is 0 Å². The average molecular weight is 464 g/mol. The smallest absolute Gasteiger partial charge is 0.417 e. The number of aliphatic hydroxyl groups is 1. The average Bonchev–Trinajstić information content (AvgIpc) is 3.00. The van der Waals surface area contributed by atoms with E-state index in [1.54, 1.807) is 26.8 Å². The van der Waals surface area contributed by atoms with Crippen molar-refractivity contribution in [2.75, 3.05) is 6.61 Å². The number of ether oxygens (including phenoxy) is 2. The molecule has 1 N–H and O–H groups in total. The Morgan fingerprint density at radius 3 is 2.27 bits per heavy atom. The van der Waals surface area contributed by atoms with E-state index >= 15 is 0 Å². The molecule has 0 aromatic carbocycles. The molecule has 7 nitrogen and oxygen atoms in total. The molecule has 2 aliphatic rings. The maximum Gasteiger partial charge on any atom is 0.417 e. The van der Waals surface area contributed by atoms with Crippen LogP contribution in [0.1, 0.15) is 86.0 Å². The molecule has 0 aromatic heterocycles. The van der Waals surface area contributed by atoms with Crippen molar-refractivity contribution >= 4 is 17.8 Å². The van der Waals surface area contributed by atoms with Gasteiger partial charge in [0.05, 0.1) is 12.0 Å². The van der Waals surface area contributed by atoms with Crippen LogP contribution in [0.15, 0.2) is 24.0 Å². The van der Waals surface area contributed by atoms with Crippen LogP contribution in [-0.4, -0.2) is 52.1 Å². The third-order valence-electron chi connectivity index (χ3n) is 6.41. The molecule has 0 aliphatic carbocycles. The number of nitrogens with zero attached hydrogens (tertiary/aromatic N) is 1. The van der Waals surface area contributed by atoms with Crippen molar-refractivity contribution in [3.05, 3.63) is 24.0 Å². The van der Waals surface area contributed by atoms with E-state index in [4.69, 9.17) is 14.6 Å². The standard InChI is InChI=1S/C26H41NO6/c1-18(2)23-26(4,5)33-25(31)27(23)24(30)19(3)22-21(29)16-15-20(32-22)14-12-10-8-6-7-9-11-13-17-28/h14-16,18-19,22-23,28H,6-13,17H2,1-5H3/t19-,22+,23-/m0/s1. The van der Waals surface area contributed by atoms with Crippen LogP contribution in [0.4, 0.5) is 4.79 Å². The molecule has 0 bridgehead atoms. The number of allylic oxidation sites excluding steroid dienone is 2. The highest BCUT2D eigenvalue weighted by Gasteiger charge is 2.53. The van der Waals surface area contributed by atoms with Crippen LogP contribution in [0.2, 0.25) is 0 Å². The lowest BCUT2D eigenvalue weighted by molar-refractivity contribution is -0.143. The summed E-state index contributed by atoms with van der Waals surface area (Å²) in [6.45, 7) is 9.39. The van der Waals surface area contributed by atoms with Crippen molar-refractivity contribution in [1.82, 2.24) is 4.90 Å². The fraction of sp³-hybridized carbons (Fsp3) is 0.731. The van der Waals surface area contributed by atoms with Gasteiger partial charge in [-0.2, -0.15) is 0 Å². The molecule has 33 heavy (non-hydrogen) atoms. The molecule has 0 saturated carbocycles. The zero-order valence-corrected chi connectivity index (χ0v) is 20.8. The summed E-state index contributed by atoms with van der Waals surface area (Å²) in [5, 5.41) is 8.80. The summed E-state index contributed by atoms with van der Waals surface area (Å²) >= 11 is 0. The van der Waals surface area contributed by atoms with Gasteiger partial charge in [-0.3, -0.25) is 9.59 Å². The number of ketones is 1. The van der Waals surface area contributed by atoms with Crippen LogP contribution in [-0.2, 0) is 19.1 Å². The van der Waals surface area contributed by atoms with Gasteiger partial charge in [0.25, 0.3) is 0 Å². The zero-order valence-electron chi connectivity index (χ0n) is 20.8. The Hall–Kier alpha value is -2.15. The third-order valence-corrected chi connectivity index (χ3v) is 6.41. The third kappa shape index (κ3) is 7.16. The van der Waals surface area contributed by atoms with E-state index < -0.39 is 35.7 Å². The summed E-state index contributed by atoms with van der Waals surface area (Å²) in [6, 6.07) is -0.409. The Morgan fingerprint density at radius 2 is 1.67 bits per heavy atom. The highest BCUT2D eigenvalue weighted by atomic mass is 16.6. The van der Waals surface area contributed by atoms with Crippen LogP contribution in [0.3, 0.4) is 0 Å². The number of aliphatic hydroxyl groups excluding tert-OH is 1. The minimum atomic E-state index is -0.954. The minimum Gasteiger partial charge on any atom is -0.482 e. The lowest BCUT2D eigenvalue weighted by Crippen LogP contribution is -2.52. The van der Waals surface area contributed by atoms with Gasteiger partial charge in [-0.15, -0.1) is 0 Å². The maximum atomic E-state index is 13.3. The molecule has 0 spiro atoms. The summed E-state index contributed by atoms with van der Waals surface area (Å²) in [4.78, 5) is 39.5. The van der Waals surface area contributed by atoms with E-state index in [-0.39, 0.29) is 18.3 Å². The molecular weight excluding hydrogens is 422 g/mol. The van der Waals surface area contributed by atoms with Gasteiger partial charge in [0.2, 0.25) is 5.91 Å². The van der Waals surface area contributed by atoms with Crippen LogP contribution in [0, 0.1) is 11.8 Å². The number of carbonyl (C=O) groups excluding carboxylic acids is 3. The van der Waals surface area contributed by atoms with Gasteiger partial charge in [0.15, 0.2) is 11.9 Å². The number of cyclic esters (lactones) is 1.